The molecular weight excluding hydrogens is 384 g/mol. The molecule has 3 aromatic rings. The van der Waals surface area contributed by atoms with Gasteiger partial charge in [-0.25, -0.2) is 0 Å². The van der Waals surface area contributed by atoms with Gasteiger partial charge in [0.15, 0.2) is 17.3 Å². The smallest absolute Gasteiger partial charge is 0.287 e. The molecule has 30 heavy (non-hydrogen) atoms. The monoisotopic (exact) mass is 408 g/mol. The van der Waals surface area contributed by atoms with Gasteiger partial charge in [-0.15, -0.1) is 0 Å². The summed E-state index contributed by atoms with van der Waals surface area (Å²) in [5.74, 6) is 0.605. The highest BCUT2D eigenvalue weighted by atomic mass is 16.5. The second-order valence-electron chi connectivity index (χ2n) is 6.60. The highest BCUT2D eigenvalue weighted by Crippen LogP contribution is 2.27. The van der Waals surface area contributed by atoms with Crippen molar-refractivity contribution in [3.63, 3.8) is 0 Å². The summed E-state index contributed by atoms with van der Waals surface area (Å²) >= 11 is 0. The van der Waals surface area contributed by atoms with Crippen LogP contribution in [0.3, 0.4) is 0 Å². The molecular formula is C23H24N2O5. The Labute approximate surface area is 175 Å². The average Bonchev–Trinajstić information content (AvgIpc) is 3.32. The molecule has 156 valence electrons. The van der Waals surface area contributed by atoms with Crippen LogP contribution >= 0.6 is 0 Å². The summed E-state index contributed by atoms with van der Waals surface area (Å²) in [5, 5.41) is 5.63. The first-order valence-corrected chi connectivity index (χ1v) is 9.47. The van der Waals surface area contributed by atoms with Gasteiger partial charge in [-0.05, 0) is 35.4 Å². The highest BCUT2D eigenvalue weighted by molar-refractivity contribution is 5.95. The first kappa shape index (κ1) is 21.0. The van der Waals surface area contributed by atoms with Gasteiger partial charge in [-0.3, -0.25) is 9.59 Å². The lowest BCUT2D eigenvalue weighted by molar-refractivity contribution is -0.123. The Hall–Kier alpha value is -3.74. The Morgan fingerprint density at radius 1 is 0.933 bits per heavy atom. The molecule has 0 spiro atoms. The van der Waals surface area contributed by atoms with Gasteiger partial charge in [0.1, 0.15) is 6.04 Å². The number of ether oxygens (including phenoxy) is 2. The fraction of sp³-hybridized carbons (Fsp3) is 0.217. The van der Waals surface area contributed by atoms with E-state index in [2.05, 4.69) is 10.6 Å². The van der Waals surface area contributed by atoms with E-state index in [4.69, 9.17) is 13.9 Å². The molecule has 1 aromatic heterocycles. The van der Waals surface area contributed by atoms with Crippen LogP contribution in [0.1, 0.15) is 21.7 Å². The molecule has 1 atom stereocenters. The molecule has 0 bridgehead atoms. The van der Waals surface area contributed by atoms with Gasteiger partial charge in [-0.2, -0.15) is 0 Å². The lowest BCUT2D eigenvalue weighted by Gasteiger charge is -2.18. The number of carbonyl (C=O) groups is 2. The first-order chi connectivity index (χ1) is 14.6. The summed E-state index contributed by atoms with van der Waals surface area (Å²) in [6.07, 6.45) is 1.77. The van der Waals surface area contributed by atoms with Crippen LogP contribution in [-0.2, 0) is 17.8 Å². The topological polar surface area (TPSA) is 89.8 Å². The molecule has 0 aliphatic carbocycles. The Kier molecular flexibility index (Phi) is 7.10. The summed E-state index contributed by atoms with van der Waals surface area (Å²) in [6.45, 7) is 0.279. The SMILES string of the molecule is COc1ccc(CNC(=O)C(Cc2ccccc2)NC(=O)c2ccco2)cc1OC. The van der Waals surface area contributed by atoms with Crippen LogP contribution in [0, 0.1) is 0 Å². The number of methoxy groups -OCH3 is 2. The predicted molar refractivity (Wildman–Crippen MR) is 112 cm³/mol. The summed E-state index contributed by atoms with van der Waals surface area (Å²) in [4.78, 5) is 25.3. The van der Waals surface area contributed by atoms with Crippen molar-refractivity contribution in [1.82, 2.24) is 10.6 Å². The van der Waals surface area contributed by atoms with Crippen LogP contribution in [0.2, 0.25) is 0 Å². The van der Waals surface area contributed by atoms with Crippen LogP contribution in [-0.4, -0.2) is 32.1 Å². The molecule has 1 unspecified atom stereocenters. The number of nitrogens with one attached hydrogen (secondary N) is 2. The van der Waals surface area contributed by atoms with Gasteiger partial charge in [0, 0.05) is 13.0 Å². The quantitative estimate of drug-likeness (QED) is 0.568. The average molecular weight is 408 g/mol. The lowest BCUT2D eigenvalue weighted by atomic mass is 10.0. The van der Waals surface area contributed by atoms with Gasteiger partial charge in [0.2, 0.25) is 5.91 Å². The van der Waals surface area contributed by atoms with Crippen molar-refractivity contribution >= 4 is 11.8 Å². The van der Waals surface area contributed by atoms with E-state index < -0.39 is 11.9 Å². The van der Waals surface area contributed by atoms with Gasteiger partial charge in [-0.1, -0.05) is 36.4 Å². The number of hydrogen-bond donors (Lipinski definition) is 2. The highest BCUT2D eigenvalue weighted by Gasteiger charge is 2.23. The zero-order chi connectivity index (χ0) is 21.3. The largest absolute Gasteiger partial charge is 0.493 e. The van der Waals surface area contributed by atoms with Crippen LogP contribution < -0.4 is 20.1 Å². The van der Waals surface area contributed by atoms with Crippen LogP contribution in [0.5, 0.6) is 11.5 Å². The zero-order valence-electron chi connectivity index (χ0n) is 16.9. The molecule has 2 amide bonds. The van der Waals surface area contributed by atoms with E-state index in [1.54, 1.807) is 38.5 Å². The van der Waals surface area contributed by atoms with E-state index in [0.717, 1.165) is 11.1 Å². The minimum absolute atomic E-state index is 0.153. The molecule has 2 N–H and O–H groups in total. The molecule has 0 radical (unpaired) electrons. The van der Waals surface area contributed by atoms with E-state index in [0.29, 0.717) is 17.9 Å². The number of hydrogen-bond acceptors (Lipinski definition) is 5. The molecule has 3 rings (SSSR count). The maximum Gasteiger partial charge on any atom is 0.287 e. The maximum absolute atomic E-state index is 12.9. The van der Waals surface area contributed by atoms with Gasteiger partial charge >= 0.3 is 0 Å². The Balaban J connectivity index is 1.70. The molecule has 0 saturated carbocycles. The number of furan rings is 1. The van der Waals surface area contributed by atoms with Crippen molar-refractivity contribution in [2.45, 2.75) is 19.0 Å². The molecule has 1 heterocycles. The third-order valence-corrected chi connectivity index (χ3v) is 4.56. The molecule has 0 saturated heterocycles. The lowest BCUT2D eigenvalue weighted by Crippen LogP contribution is -2.47. The van der Waals surface area contributed by atoms with Crippen LogP contribution in [0.25, 0.3) is 0 Å². The zero-order valence-corrected chi connectivity index (χ0v) is 16.9. The fourth-order valence-corrected chi connectivity index (χ4v) is 3.00. The van der Waals surface area contributed by atoms with Gasteiger partial charge in [0.05, 0.1) is 20.5 Å². The summed E-state index contributed by atoms with van der Waals surface area (Å²) in [5.41, 5.74) is 1.78. The minimum Gasteiger partial charge on any atom is -0.493 e. The van der Waals surface area contributed by atoms with E-state index in [1.165, 1.54) is 6.26 Å². The molecule has 0 aliphatic heterocycles. The third-order valence-electron chi connectivity index (χ3n) is 4.56. The van der Waals surface area contributed by atoms with Crippen molar-refractivity contribution in [3.8, 4) is 11.5 Å². The van der Waals surface area contributed by atoms with Crippen molar-refractivity contribution in [3.05, 3.63) is 83.8 Å². The standard InChI is InChI=1S/C23H24N2O5/c1-28-19-11-10-17(14-21(19)29-2)15-24-22(26)18(13-16-7-4-3-5-8-16)25-23(27)20-9-6-12-30-20/h3-12,14,18H,13,15H2,1-2H3,(H,24,26)(H,25,27). The summed E-state index contributed by atoms with van der Waals surface area (Å²) in [6, 6.07) is 17.3. The molecule has 0 aliphatic rings. The number of rotatable bonds is 9. The van der Waals surface area contributed by atoms with Crippen LogP contribution in [0.4, 0.5) is 0 Å². The Bertz CT molecular complexity index is 971. The molecule has 2 aromatic carbocycles. The second-order valence-corrected chi connectivity index (χ2v) is 6.60. The number of benzene rings is 2. The van der Waals surface area contributed by atoms with Gasteiger partial charge < -0.3 is 24.5 Å². The Morgan fingerprint density at radius 3 is 2.37 bits per heavy atom. The fourth-order valence-electron chi connectivity index (χ4n) is 3.00. The maximum atomic E-state index is 12.9. The number of carbonyl (C=O) groups excluding carboxylic acids is 2. The molecule has 7 heteroatoms. The number of amides is 2. The Morgan fingerprint density at radius 2 is 1.70 bits per heavy atom. The van der Waals surface area contributed by atoms with Crippen molar-refractivity contribution in [2.75, 3.05) is 14.2 Å². The van der Waals surface area contributed by atoms with E-state index in [1.807, 2.05) is 36.4 Å². The van der Waals surface area contributed by atoms with Crippen molar-refractivity contribution in [2.24, 2.45) is 0 Å². The van der Waals surface area contributed by atoms with E-state index >= 15 is 0 Å². The van der Waals surface area contributed by atoms with E-state index in [-0.39, 0.29) is 18.2 Å². The van der Waals surface area contributed by atoms with Gasteiger partial charge in [0.25, 0.3) is 5.91 Å². The van der Waals surface area contributed by atoms with E-state index in [9.17, 15) is 9.59 Å². The second kappa shape index (κ2) is 10.2. The summed E-state index contributed by atoms with van der Waals surface area (Å²) in [7, 11) is 3.12. The minimum atomic E-state index is -0.759. The predicted octanol–water partition coefficient (Wildman–Crippen LogP) is 2.95. The van der Waals surface area contributed by atoms with Crippen LogP contribution in [0.15, 0.2) is 71.3 Å². The normalized spacial score (nSPS) is 11.4. The first-order valence-electron chi connectivity index (χ1n) is 9.47. The molecule has 0 fully saturated rings. The van der Waals surface area contributed by atoms with Crippen molar-refractivity contribution in [1.29, 1.82) is 0 Å². The molecule has 7 nitrogen and oxygen atoms in total. The van der Waals surface area contributed by atoms with Crippen molar-refractivity contribution < 1.29 is 23.5 Å². The summed E-state index contributed by atoms with van der Waals surface area (Å²) < 4.78 is 15.7. The third kappa shape index (κ3) is 5.41.